The van der Waals surface area contributed by atoms with E-state index in [1.165, 1.54) is 6.07 Å². The lowest BCUT2D eigenvalue weighted by atomic mass is 10.1. The fourth-order valence-corrected chi connectivity index (χ4v) is 2.38. The Hall–Kier alpha value is -2.16. The molecule has 0 aliphatic rings. The van der Waals surface area contributed by atoms with Crippen molar-refractivity contribution in [3.63, 3.8) is 0 Å². The van der Waals surface area contributed by atoms with Gasteiger partial charge < -0.3 is 16.0 Å². The van der Waals surface area contributed by atoms with E-state index in [-0.39, 0.29) is 35.7 Å². The van der Waals surface area contributed by atoms with Crippen LogP contribution in [0.1, 0.15) is 34.0 Å². The number of guanidine groups is 1. The maximum absolute atomic E-state index is 13.6. The van der Waals surface area contributed by atoms with E-state index in [9.17, 15) is 9.18 Å². The van der Waals surface area contributed by atoms with Gasteiger partial charge in [-0.05, 0) is 48.7 Å². The van der Waals surface area contributed by atoms with Gasteiger partial charge in [0.1, 0.15) is 5.82 Å². The Balaban J connectivity index is 0.00000364. The summed E-state index contributed by atoms with van der Waals surface area (Å²) in [6, 6.07) is 12.6. The number of aliphatic imine (C=N–C) groups is 1. The van der Waals surface area contributed by atoms with Crippen molar-refractivity contribution in [1.82, 2.24) is 16.0 Å². The maximum Gasteiger partial charge on any atom is 0.251 e. The Morgan fingerprint density at radius 2 is 1.59 bits per heavy atom. The Kier molecular flexibility index (Phi) is 9.77. The summed E-state index contributed by atoms with van der Waals surface area (Å²) >= 11 is 0. The fourth-order valence-electron chi connectivity index (χ4n) is 2.38. The van der Waals surface area contributed by atoms with Crippen LogP contribution in [0.4, 0.5) is 4.39 Å². The molecule has 2 aromatic rings. The van der Waals surface area contributed by atoms with Gasteiger partial charge in [0.05, 0.1) is 0 Å². The number of carbonyl (C=O) groups is 1. The molecule has 0 spiro atoms. The summed E-state index contributed by atoms with van der Waals surface area (Å²) in [5.74, 6) is 0.341. The molecule has 7 heteroatoms. The predicted molar refractivity (Wildman–Crippen MR) is 118 cm³/mol. The summed E-state index contributed by atoms with van der Waals surface area (Å²) in [5.41, 5.74) is 3.15. The third-order valence-electron chi connectivity index (χ3n) is 3.93. The van der Waals surface area contributed by atoms with Crippen LogP contribution < -0.4 is 16.0 Å². The minimum absolute atomic E-state index is 0. The molecule has 0 bridgehead atoms. The largest absolute Gasteiger partial charge is 0.352 e. The second kappa shape index (κ2) is 11.5. The molecule has 146 valence electrons. The van der Waals surface area contributed by atoms with Gasteiger partial charge in [0.15, 0.2) is 5.96 Å². The molecule has 0 fully saturated rings. The first-order valence-corrected chi connectivity index (χ1v) is 8.60. The van der Waals surface area contributed by atoms with Crippen LogP contribution in [0.2, 0.25) is 0 Å². The molecule has 5 nitrogen and oxygen atoms in total. The van der Waals surface area contributed by atoms with Gasteiger partial charge >= 0.3 is 0 Å². The van der Waals surface area contributed by atoms with Gasteiger partial charge in [0.25, 0.3) is 5.91 Å². The number of hydrogen-bond acceptors (Lipinski definition) is 2. The van der Waals surface area contributed by atoms with Gasteiger partial charge in [-0.25, -0.2) is 4.39 Å². The first-order chi connectivity index (χ1) is 12.5. The molecule has 2 aromatic carbocycles. The van der Waals surface area contributed by atoms with E-state index in [0.29, 0.717) is 36.7 Å². The summed E-state index contributed by atoms with van der Waals surface area (Å²) in [6.45, 7) is 5.28. The van der Waals surface area contributed by atoms with Gasteiger partial charge in [-0.2, -0.15) is 0 Å². The normalized spacial score (nSPS) is 10.7. The Labute approximate surface area is 176 Å². The number of nitrogens with one attached hydrogen (secondary N) is 3. The van der Waals surface area contributed by atoms with Crippen LogP contribution in [0.3, 0.4) is 0 Å². The summed E-state index contributed by atoms with van der Waals surface area (Å²) in [7, 11) is 1.68. The van der Waals surface area contributed by atoms with Crippen molar-refractivity contribution in [2.75, 3.05) is 13.6 Å². The number of nitrogens with zero attached hydrogens (tertiary/aromatic N) is 1. The highest BCUT2D eigenvalue weighted by atomic mass is 127. The molecule has 0 saturated carbocycles. The van der Waals surface area contributed by atoms with Crippen LogP contribution in [0.25, 0.3) is 0 Å². The number of amides is 1. The second-order valence-electron chi connectivity index (χ2n) is 5.92. The monoisotopic (exact) mass is 484 g/mol. The number of aryl methyl sites for hydroxylation is 1. The minimum atomic E-state index is -0.209. The lowest BCUT2D eigenvalue weighted by molar-refractivity contribution is 0.0956. The van der Waals surface area contributed by atoms with E-state index in [4.69, 9.17) is 0 Å². The van der Waals surface area contributed by atoms with E-state index < -0.39 is 0 Å². The van der Waals surface area contributed by atoms with E-state index in [1.54, 1.807) is 32.2 Å². The highest BCUT2D eigenvalue weighted by molar-refractivity contribution is 14.0. The van der Waals surface area contributed by atoms with Crippen molar-refractivity contribution in [3.8, 4) is 0 Å². The van der Waals surface area contributed by atoms with Crippen LogP contribution in [0, 0.1) is 12.7 Å². The summed E-state index contributed by atoms with van der Waals surface area (Å²) in [4.78, 5) is 15.9. The molecule has 0 unspecified atom stereocenters. The van der Waals surface area contributed by atoms with Crippen LogP contribution in [-0.4, -0.2) is 25.5 Å². The standard InChI is InChI=1S/C20H25FN4O.HI/c1-4-23-19(26)17-9-7-15(8-10-17)12-24-20(22-3)25-13-16-6-5-14(2)18(21)11-16;/h5-11H,4,12-13H2,1-3H3,(H,23,26)(H2,22,24,25);1H. The Morgan fingerprint density at radius 3 is 2.15 bits per heavy atom. The maximum atomic E-state index is 13.6. The first-order valence-electron chi connectivity index (χ1n) is 8.60. The van der Waals surface area contributed by atoms with E-state index in [1.807, 2.05) is 25.1 Å². The topological polar surface area (TPSA) is 65.5 Å². The average Bonchev–Trinajstić information content (AvgIpc) is 2.65. The highest BCUT2D eigenvalue weighted by Gasteiger charge is 2.05. The third kappa shape index (κ3) is 7.16. The van der Waals surface area contributed by atoms with Gasteiger partial charge in [0, 0.05) is 32.2 Å². The molecule has 0 radical (unpaired) electrons. The fraction of sp³-hybridized carbons (Fsp3) is 0.300. The SMILES string of the molecule is CCNC(=O)c1ccc(CNC(=NC)NCc2ccc(C)c(F)c2)cc1.I. The number of hydrogen-bond donors (Lipinski definition) is 3. The molecular weight excluding hydrogens is 458 g/mol. The molecule has 3 N–H and O–H groups in total. The number of benzene rings is 2. The summed E-state index contributed by atoms with van der Waals surface area (Å²) < 4.78 is 13.6. The predicted octanol–water partition coefficient (Wildman–Crippen LogP) is 3.37. The van der Waals surface area contributed by atoms with Crippen molar-refractivity contribution in [2.24, 2.45) is 4.99 Å². The van der Waals surface area contributed by atoms with Crippen molar-refractivity contribution >= 4 is 35.8 Å². The second-order valence-corrected chi connectivity index (χ2v) is 5.92. The first kappa shape index (κ1) is 22.9. The van der Waals surface area contributed by atoms with Crippen LogP contribution >= 0.6 is 24.0 Å². The zero-order valence-corrected chi connectivity index (χ0v) is 18.1. The molecule has 1 amide bonds. The third-order valence-corrected chi connectivity index (χ3v) is 3.93. The van der Waals surface area contributed by atoms with Gasteiger partial charge in [-0.3, -0.25) is 9.79 Å². The van der Waals surface area contributed by atoms with Gasteiger partial charge in [-0.1, -0.05) is 24.3 Å². The quantitative estimate of drug-likeness (QED) is 0.335. The van der Waals surface area contributed by atoms with Crippen molar-refractivity contribution in [2.45, 2.75) is 26.9 Å². The van der Waals surface area contributed by atoms with Gasteiger partial charge in [-0.15, -0.1) is 24.0 Å². The summed E-state index contributed by atoms with van der Waals surface area (Å²) in [6.07, 6.45) is 0. The molecule has 0 aliphatic heterocycles. The molecule has 0 aromatic heterocycles. The van der Waals surface area contributed by atoms with Crippen molar-refractivity contribution in [1.29, 1.82) is 0 Å². The molecule has 0 saturated heterocycles. The van der Waals surface area contributed by atoms with E-state index in [0.717, 1.165) is 11.1 Å². The number of halogens is 2. The lowest BCUT2D eigenvalue weighted by Gasteiger charge is -2.12. The van der Waals surface area contributed by atoms with Crippen LogP contribution in [0.5, 0.6) is 0 Å². The molecule has 0 atom stereocenters. The smallest absolute Gasteiger partial charge is 0.251 e. The molecular formula is C20H26FIN4O. The highest BCUT2D eigenvalue weighted by Crippen LogP contribution is 2.09. The molecule has 2 rings (SSSR count). The van der Waals surface area contributed by atoms with Crippen LogP contribution in [-0.2, 0) is 13.1 Å². The van der Waals surface area contributed by atoms with Crippen LogP contribution in [0.15, 0.2) is 47.5 Å². The Bertz CT molecular complexity index is 778. The number of rotatable bonds is 6. The van der Waals surface area contributed by atoms with E-state index in [2.05, 4.69) is 20.9 Å². The minimum Gasteiger partial charge on any atom is -0.352 e. The number of carbonyl (C=O) groups excluding carboxylic acids is 1. The zero-order valence-electron chi connectivity index (χ0n) is 15.8. The summed E-state index contributed by atoms with van der Waals surface area (Å²) in [5, 5.41) is 9.13. The molecule has 27 heavy (non-hydrogen) atoms. The zero-order chi connectivity index (χ0) is 18.9. The molecule has 0 aliphatic carbocycles. The van der Waals surface area contributed by atoms with Crippen molar-refractivity contribution in [3.05, 3.63) is 70.5 Å². The lowest BCUT2D eigenvalue weighted by Crippen LogP contribution is -2.36. The van der Waals surface area contributed by atoms with Gasteiger partial charge in [0.2, 0.25) is 0 Å². The molecule has 0 heterocycles. The average molecular weight is 484 g/mol. The Morgan fingerprint density at radius 1 is 1.00 bits per heavy atom. The van der Waals surface area contributed by atoms with Crippen molar-refractivity contribution < 1.29 is 9.18 Å². The van der Waals surface area contributed by atoms with E-state index >= 15 is 0 Å².